The quantitative estimate of drug-likeness (QED) is 0.650. The minimum Gasteiger partial charge on any atom is -0.491 e. The van der Waals surface area contributed by atoms with Gasteiger partial charge in [0.05, 0.1) is 24.9 Å². The maximum atomic E-state index is 5.49. The normalized spacial score (nSPS) is 9.64. The Morgan fingerprint density at radius 1 is 1.45 bits per heavy atom. The predicted molar refractivity (Wildman–Crippen MR) is 42.8 cm³/mol. The Hall–Kier alpha value is -0.830. The molecule has 0 atom stereocenters. The maximum absolute atomic E-state index is 5.49. The summed E-state index contributed by atoms with van der Waals surface area (Å²) < 4.78 is 5.14. The van der Waals surface area contributed by atoms with E-state index in [0.29, 0.717) is 24.1 Å². The molecule has 0 fully saturated rings. The molecule has 3 nitrogen and oxygen atoms in total. The molecule has 0 aromatic carbocycles. The van der Waals surface area contributed by atoms with Crippen LogP contribution in [0.5, 0.6) is 5.75 Å². The second-order valence-electron chi connectivity index (χ2n) is 1.90. The summed E-state index contributed by atoms with van der Waals surface area (Å²) in [6.07, 6.45) is 3.24. The smallest absolute Gasteiger partial charge is 0.155 e. The molecule has 0 N–H and O–H groups in total. The van der Waals surface area contributed by atoms with Crippen molar-refractivity contribution in [3.63, 3.8) is 0 Å². The summed E-state index contributed by atoms with van der Waals surface area (Å²) in [5, 5.41) is 0. The van der Waals surface area contributed by atoms with Crippen molar-refractivity contribution in [3.8, 4) is 5.75 Å². The lowest BCUT2D eigenvalue weighted by atomic mass is 10.5. The van der Waals surface area contributed by atoms with Gasteiger partial charge in [-0.1, -0.05) is 0 Å². The third-order valence-electron chi connectivity index (χ3n) is 1.11. The van der Waals surface area contributed by atoms with Crippen molar-refractivity contribution in [1.82, 2.24) is 9.97 Å². The molecule has 11 heavy (non-hydrogen) atoms. The second kappa shape index (κ2) is 4.13. The predicted octanol–water partition coefficient (Wildman–Crippen LogP) is 1.61. The van der Waals surface area contributed by atoms with Crippen LogP contribution < -0.4 is 4.74 Å². The minimum absolute atomic E-state index is 0.340. The Morgan fingerprint density at radius 3 is 2.55 bits per heavy atom. The minimum atomic E-state index is 0.340. The van der Waals surface area contributed by atoms with Crippen LogP contribution in [0.4, 0.5) is 0 Å². The Bertz CT molecular complexity index is 212. The van der Waals surface area contributed by atoms with Crippen LogP contribution in [-0.2, 0) is 5.88 Å². The monoisotopic (exact) mass is 172 g/mol. The number of rotatable bonds is 3. The summed E-state index contributed by atoms with van der Waals surface area (Å²) in [7, 11) is 0. The summed E-state index contributed by atoms with van der Waals surface area (Å²) in [4.78, 5) is 7.90. The number of aromatic nitrogens is 2. The molecule has 1 aromatic heterocycles. The van der Waals surface area contributed by atoms with Gasteiger partial charge in [-0.25, -0.2) is 9.97 Å². The van der Waals surface area contributed by atoms with Gasteiger partial charge in [0.25, 0.3) is 0 Å². The van der Waals surface area contributed by atoms with E-state index in [4.69, 9.17) is 16.3 Å². The fraction of sp³-hybridized carbons (Fsp3) is 0.429. The number of halogens is 1. The number of alkyl halides is 1. The molecule has 0 saturated heterocycles. The lowest BCUT2D eigenvalue weighted by Gasteiger charge is -2.00. The molecular weight excluding hydrogens is 164 g/mol. The third kappa shape index (κ3) is 2.35. The van der Waals surface area contributed by atoms with Crippen molar-refractivity contribution in [2.45, 2.75) is 12.8 Å². The molecule has 0 amide bonds. The van der Waals surface area contributed by atoms with E-state index in [1.54, 1.807) is 12.4 Å². The summed E-state index contributed by atoms with van der Waals surface area (Å²) in [6, 6.07) is 0. The van der Waals surface area contributed by atoms with Crippen LogP contribution in [0.2, 0.25) is 0 Å². The Kier molecular flexibility index (Phi) is 3.11. The molecule has 4 heteroatoms. The van der Waals surface area contributed by atoms with Gasteiger partial charge in [0, 0.05) is 0 Å². The van der Waals surface area contributed by atoms with Crippen LogP contribution in [0.15, 0.2) is 12.4 Å². The SMILES string of the molecule is CCOc1cnc(CCl)nc1. The molecule has 0 aliphatic rings. The first kappa shape index (κ1) is 8.27. The molecule has 0 aliphatic carbocycles. The highest BCUT2D eigenvalue weighted by Gasteiger charge is 1.94. The van der Waals surface area contributed by atoms with Gasteiger partial charge in [0.2, 0.25) is 0 Å². The van der Waals surface area contributed by atoms with Gasteiger partial charge in [0.15, 0.2) is 5.75 Å². The largest absolute Gasteiger partial charge is 0.491 e. The van der Waals surface area contributed by atoms with E-state index >= 15 is 0 Å². The van der Waals surface area contributed by atoms with Crippen LogP contribution in [0, 0.1) is 0 Å². The highest BCUT2D eigenvalue weighted by molar-refractivity contribution is 6.16. The first-order valence-corrected chi connectivity index (χ1v) is 3.90. The van der Waals surface area contributed by atoms with E-state index in [-0.39, 0.29) is 0 Å². The molecule has 0 spiro atoms. The topological polar surface area (TPSA) is 35.0 Å². The van der Waals surface area contributed by atoms with Crippen LogP contribution in [0.3, 0.4) is 0 Å². The maximum Gasteiger partial charge on any atom is 0.155 e. The van der Waals surface area contributed by atoms with Crippen molar-refractivity contribution in [1.29, 1.82) is 0 Å². The molecule has 0 aliphatic heterocycles. The van der Waals surface area contributed by atoms with Crippen molar-refractivity contribution in [2.75, 3.05) is 6.61 Å². The van der Waals surface area contributed by atoms with Crippen LogP contribution >= 0.6 is 11.6 Å². The zero-order chi connectivity index (χ0) is 8.10. The lowest BCUT2D eigenvalue weighted by molar-refractivity contribution is 0.337. The van der Waals surface area contributed by atoms with E-state index < -0.39 is 0 Å². The van der Waals surface area contributed by atoms with E-state index in [2.05, 4.69) is 9.97 Å². The van der Waals surface area contributed by atoms with E-state index in [1.807, 2.05) is 6.92 Å². The van der Waals surface area contributed by atoms with E-state index in [9.17, 15) is 0 Å². The highest BCUT2D eigenvalue weighted by Crippen LogP contribution is 2.06. The zero-order valence-corrected chi connectivity index (χ0v) is 7.01. The highest BCUT2D eigenvalue weighted by atomic mass is 35.5. The molecule has 1 rings (SSSR count). The van der Waals surface area contributed by atoms with Crippen LogP contribution in [-0.4, -0.2) is 16.6 Å². The van der Waals surface area contributed by atoms with Crippen molar-refractivity contribution < 1.29 is 4.74 Å². The van der Waals surface area contributed by atoms with E-state index in [1.165, 1.54) is 0 Å². The first-order chi connectivity index (χ1) is 5.36. The molecule has 1 aromatic rings. The fourth-order valence-electron chi connectivity index (χ4n) is 0.653. The Morgan fingerprint density at radius 2 is 2.09 bits per heavy atom. The van der Waals surface area contributed by atoms with Gasteiger partial charge < -0.3 is 4.74 Å². The lowest BCUT2D eigenvalue weighted by Crippen LogP contribution is -1.95. The standard InChI is InChI=1S/C7H9ClN2O/c1-2-11-6-4-9-7(3-8)10-5-6/h4-5H,2-3H2,1H3. The number of ether oxygens (including phenoxy) is 1. The van der Waals surface area contributed by atoms with Crippen molar-refractivity contribution in [3.05, 3.63) is 18.2 Å². The summed E-state index contributed by atoms with van der Waals surface area (Å²) >= 11 is 5.49. The average molecular weight is 173 g/mol. The number of nitrogens with zero attached hydrogens (tertiary/aromatic N) is 2. The van der Waals surface area contributed by atoms with Gasteiger partial charge >= 0.3 is 0 Å². The van der Waals surface area contributed by atoms with Gasteiger partial charge in [-0.05, 0) is 6.92 Å². The molecule has 1 heterocycles. The van der Waals surface area contributed by atoms with Gasteiger partial charge in [0.1, 0.15) is 5.82 Å². The Labute approximate surface area is 70.4 Å². The fourth-order valence-corrected chi connectivity index (χ4v) is 0.791. The molecule has 0 bridgehead atoms. The summed E-state index contributed by atoms with van der Waals surface area (Å²) in [6.45, 7) is 2.54. The van der Waals surface area contributed by atoms with Gasteiger partial charge in [-0.3, -0.25) is 0 Å². The molecule has 0 unspecified atom stereocenters. The van der Waals surface area contributed by atoms with E-state index in [0.717, 1.165) is 0 Å². The van der Waals surface area contributed by atoms with Crippen LogP contribution in [0.25, 0.3) is 0 Å². The first-order valence-electron chi connectivity index (χ1n) is 3.36. The second-order valence-corrected chi connectivity index (χ2v) is 2.17. The van der Waals surface area contributed by atoms with Gasteiger partial charge in [-0.15, -0.1) is 11.6 Å². The summed E-state index contributed by atoms with van der Waals surface area (Å²) in [5.41, 5.74) is 0. The zero-order valence-electron chi connectivity index (χ0n) is 6.25. The molecule has 0 radical (unpaired) electrons. The van der Waals surface area contributed by atoms with Crippen molar-refractivity contribution in [2.24, 2.45) is 0 Å². The third-order valence-corrected chi connectivity index (χ3v) is 1.35. The Balaban J connectivity index is 2.66. The number of hydrogen-bond acceptors (Lipinski definition) is 3. The number of hydrogen-bond donors (Lipinski definition) is 0. The van der Waals surface area contributed by atoms with Crippen LogP contribution in [0.1, 0.15) is 12.7 Å². The summed E-state index contributed by atoms with van der Waals surface area (Å²) in [5.74, 6) is 1.64. The molecular formula is C7H9ClN2O. The molecule has 60 valence electrons. The molecule has 0 saturated carbocycles. The van der Waals surface area contributed by atoms with Gasteiger partial charge in [-0.2, -0.15) is 0 Å². The van der Waals surface area contributed by atoms with Crippen molar-refractivity contribution >= 4 is 11.6 Å². The average Bonchev–Trinajstić information content (AvgIpc) is 2.07.